The summed E-state index contributed by atoms with van der Waals surface area (Å²) in [5.41, 5.74) is 0.826. The van der Waals surface area contributed by atoms with Gasteiger partial charge in [-0.05, 0) is 36.6 Å². The lowest BCUT2D eigenvalue weighted by atomic mass is 10.0. The van der Waals surface area contributed by atoms with Crippen LogP contribution in [0.5, 0.6) is 5.75 Å². The van der Waals surface area contributed by atoms with Gasteiger partial charge >= 0.3 is 7.60 Å². The zero-order chi connectivity index (χ0) is 17.7. The molecule has 7 heteroatoms. The molecular weight excluding hydrogens is 329 g/mol. The van der Waals surface area contributed by atoms with Crippen LogP contribution in [0.25, 0.3) is 0 Å². The first kappa shape index (κ1) is 18.2. The molecule has 1 unspecified atom stereocenters. The van der Waals surface area contributed by atoms with Gasteiger partial charge in [0.1, 0.15) is 5.75 Å². The number of hydrogen-bond acceptors (Lipinski definition) is 5. The van der Waals surface area contributed by atoms with E-state index in [0.29, 0.717) is 5.30 Å². The Kier molecular flexibility index (Phi) is 5.75. The molecule has 0 radical (unpaired) electrons. The van der Waals surface area contributed by atoms with E-state index >= 15 is 0 Å². The van der Waals surface area contributed by atoms with Crippen molar-refractivity contribution in [3.05, 3.63) is 64.2 Å². The van der Waals surface area contributed by atoms with E-state index in [1.54, 1.807) is 19.1 Å². The number of non-ortho nitro benzene ring substituents is 1. The van der Waals surface area contributed by atoms with Crippen LogP contribution in [-0.2, 0) is 9.09 Å². The van der Waals surface area contributed by atoms with Crippen LogP contribution in [0, 0.1) is 10.1 Å². The van der Waals surface area contributed by atoms with Gasteiger partial charge in [0.15, 0.2) is 0 Å². The van der Waals surface area contributed by atoms with Crippen LogP contribution in [0.15, 0.2) is 48.5 Å². The molecule has 0 aliphatic carbocycles. The minimum Gasteiger partial charge on any atom is -0.421 e. The second kappa shape index (κ2) is 7.60. The molecule has 2 aromatic carbocycles. The van der Waals surface area contributed by atoms with Gasteiger partial charge in [0, 0.05) is 12.1 Å². The van der Waals surface area contributed by atoms with Crippen molar-refractivity contribution in [2.45, 2.75) is 26.7 Å². The molecule has 0 N–H and O–H groups in total. The summed E-state index contributed by atoms with van der Waals surface area (Å²) in [5, 5.41) is 11.2. The van der Waals surface area contributed by atoms with Crippen molar-refractivity contribution < 1.29 is 18.5 Å². The number of nitro benzene ring substituents is 1. The van der Waals surface area contributed by atoms with Gasteiger partial charge in [-0.15, -0.1) is 0 Å². The number of nitro groups is 1. The van der Waals surface area contributed by atoms with Crippen molar-refractivity contribution >= 4 is 18.6 Å². The molecule has 0 amide bonds. The summed E-state index contributed by atoms with van der Waals surface area (Å²) in [7, 11) is -3.59. The van der Waals surface area contributed by atoms with E-state index in [9.17, 15) is 14.7 Å². The highest BCUT2D eigenvalue weighted by Gasteiger charge is 2.32. The number of nitrogens with zero attached hydrogens (tertiary/aromatic N) is 1. The van der Waals surface area contributed by atoms with Gasteiger partial charge in [-0.2, -0.15) is 0 Å². The van der Waals surface area contributed by atoms with Crippen molar-refractivity contribution in [1.29, 1.82) is 0 Å². The lowest BCUT2D eigenvalue weighted by molar-refractivity contribution is -0.384. The van der Waals surface area contributed by atoms with Gasteiger partial charge in [0.2, 0.25) is 0 Å². The molecule has 0 bridgehead atoms. The SMILES string of the molecule is CCOP(=O)(Oc1ccc([N+](=O)[O-])cc1)c1ccccc1C(C)C. The monoisotopic (exact) mass is 349 g/mol. The zero-order valence-electron chi connectivity index (χ0n) is 13.8. The fraction of sp³-hybridized carbons (Fsp3) is 0.294. The van der Waals surface area contributed by atoms with E-state index < -0.39 is 12.5 Å². The summed E-state index contributed by atoms with van der Waals surface area (Å²) in [6.07, 6.45) is 0. The van der Waals surface area contributed by atoms with Crippen molar-refractivity contribution in [2.75, 3.05) is 6.61 Å². The molecule has 0 aliphatic heterocycles. The Morgan fingerprint density at radius 1 is 1.12 bits per heavy atom. The molecule has 2 rings (SSSR count). The maximum atomic E-state index is 13.3. The minimum absolute atomic E-state index is 0.0591. The molecular formula is C17H20NO5P. The van der Waals surface area contributed by atoms with Gasteiger partial charge in [-0.3, -0.25) is 14.6 Å². The largest absolute Gasteiger partial charge is 0.421 e. The predicted octanol–water partition coefficient (Wildman–Crippen LogP) is 4.65. The highest BCUT2D eigenvalue weighted by atomic mass is 31.2. The second-order valence-corrected chi connectivity index (χ2v) is 7.39. The number of benzene rings is 2. The Morgan fingerprint density at radius 3 is 2.29 bits per heavy atom. The third-order valence-corrected chi connectivity index (χ3v) is 5.47. The van der Waals surface area contributed by atoms with Crippen LogP contribution in [0.2, 0.25) is 0 Å². The normalized spacial score (nSPS) is 13.5. The number of hydrogen-bond donors (Lipinski definition) is 0. The Hall–Kier alpha value is -2.17. The molecule has 2 aromatic rings. The average molecular weight is 349 g/mol. The number of rotatable bonds is 7. The summed E-state index contributed by atoms with van der Waals surface area (Å²) in [4.78, 5) is 10.2. The maximum Gasteiger partial charge on any atom is 0.411 e. The van der Waals surface area contributed by atoms with E-state index in [2.05, 4.69) is 0 Å². The Balaban J connectivity index is 2.41. The quantitative estimate of drug-likeness (QED) is 0.413. The van der Waals surface area contributed by atoms with Crippen LogP contribution in [-0.4, -0.2) is 11.5 Å². The van der Waals surface area contributed by atoms with Crippen LogP contribution in [0.4, 0.5) is 5.69 Å². The van der Waals surface area contributed by atoms with Crippen molar-refractivity contribution in [3.8, 4) is 5.75 Å². The fourth-order valence-electron chi connectivity index (χ4n) is 2.31. The lowest BCUT2D eigenvalue weighted by Gasteiger charge is -2.22. The van der Waals surface area contributed by atoms with E-state index in [0.717, 1.165) is 5.56 Å². The van der Waals surface area contributed by atoms with Gasteiger partial charge in [0.25, 0.3) is 5.69 Å². The standard InChI is InChI=1S/C17H20NO5P/c1-4-22-24(21,17-8-6-5-7-16(17)13(2)3)23-15-11-9-14(10-12-15)18(19)20/h5-13H,4H2,1-3H3. The molecule has 0 fully saturated rings. The Bertz CT molecular complexity index is 758. The summed E-state index contributed by atoms with van der Waals surface area (Å²) in [6, 6.07) is 12.7. The molecule has 0 heterocycles. The zero-order valence-corrected chi connectivity index (χ0v) is 14.7. The van der Waals surface area contributed by atoms with Crippen LogP contribution in [0.1, 0.15) is 32.3 Å². The summed E-state index contributed by atoms with van der Waals surface area (Å²) < 4.78 is 24.5. The maximum absolute atomic E-state index is 13.3. The molecule has 0 saturated carbocycles. The summed E-state index contributed by atoms with van der Waals surface area (Å²) in [5.74, 6) is 0.409. The predicted molar refractivity (Wildman–Crippen MR) is 93.1 cm³/mol. The molecule has 0 spiro atoms. The summed E-state index contributed by atoms with van der Waals surface area (Å²) >= 11 is 0. The highest BCUT2D eigenvalue weighted by Crippen LogP contribution is 2.48. The van der Waals surface area contributed by atoms with Gasteiger partial charge < -0.3 is 4.52 Å². The first-order valence-electron chi connectivity index (χ1n) is 7.65. The molecule has 0 aliphatic rings. The topological polar surface area (TPSA) is 78.7 Å². The van der Waals surface area contributed by atoms with E-state index in [4.69, 9.17) is 9.05 Å². The molecule has 6 nitrogen and oxygen atoms in total. The van der Waals surface area contributed by atoms with Gasteiger partial charge in [0.05, 0.1) is 16.8 Å². The molecule has 1 atom stereocenters. The lowest BCUT2D eigenvalue weighted by Crippen LogP contribution is -2.18. The molecule has 24 heavy (non-hydrogen) atoms. The Morgan fingerprint density at radius 2 is 1.75 bits per heavy atom. The first-order valence-corrected chi connectivity index (χ1v) is 9.19. The van der Waals surface area contributed by atoms with Gasteiger partial charge in [-0.1, -0.05) is 32.0 Å². The first-order chi connectivity index (χ1) is 11.4. The smallest absolute Gasteiger partial charge is 0.411 e. The molecule has 0 aromatic heterocycles. The van der Waals surface area contributed by atoms with E-state index in [1.807, 2.05) is 26.0 Å². The Labute approximate surface area is 141 Å². The van der Waals surface area contributed by atoms with Crippen LogP contribution < -0.4 is 9.83 Å². The average Bonchev–Trinajstić information content (AvgIpc) is 2.55. The minimum atomic E-state index is -3.59. The van der Waals surface area contributed by atoms with Crippen molar-refractivity contribution in [1.82, 2.24) is 0 Å². The fourth-order valence-corrected chi connectivity index (χ4v) is 4.25. The van der Waals surface area contributed by atoms with E-state index in [-0.39, 0.29) is 24.0 Å². The van der Waals surface area contributed by atoms with Gasteiger partial charge in [-0.25, -0.2) is 4.57 Å². The third-order valence-electron chi connectivity index (χ3n) is 3.43. The molecule has 0 saturated heterocycles. The van der Waals surface area contributed by atoms with Crippen LogP contribution in [0.3, 0.4) is 0 Å². The van der Waals surface area contributed by atoms with Crippen LogP contribution >= 0.6 is 7.60 Å². The molecule has 128 valence electrons. The summed E-state index contributed by atoms with van der Waals surface area (Å²) in [6.45, 7) is 5.96. The van der Waals surface area contributed by atoms with Crippen molar-refractivity contribution in [3.63, 3.8) is 0 Å². The third kappa shape index (κ3) is 4.02. The second-order valence-electron chi connectivity index (χ2n) is 5.47. The van der Waals surface area contributed by atoms with Crippen molar-refractivity contribution in [2.24, 2.45) is 0 Å². The van der Waals surface area contributed by atoms with E-state index in [1.165, 1.54) is 24.3 Å². The highest BCUT2D eigenvalue weighted by molar-refractivity contribution is 7.62.